The van der Waals surface area contributed by atoms with Gasteiger partial charge in [-0.2, -0.15) is 30.7 Å². The molecular formula is C11H10F7N3OS. The van der Waals surface area contributed by atoms with Crippen molar-refractivity contribution in [2.45, 2.75) is 30.5 Å². The number of hydrogen-bond donors (Lipinski definition) is 1. The minimum atomic E-state index is -6.53. The highest BCUT2D eigenvalue weighted by atomic mass is 32.1. The second-order valence-corrected chi connectivity index (χ2v) is 5.74. The van der Waals surface area contributed by atoms with Crippen LogP contribution in [0.4, 0.5) is 35.9 Å². The Labute approximate surface area is 129 Å². The lowest BCUT2D eigenvalue weighted by molar-refractivity contribution is -0.344. The monoisotopic (exact) mass is 365 g/mol. The van der Waals surface area contributed by atoms with Crippen LogP contribution in [0, 0.1) is 0 Å². The van der Waals surface area contributed by atoms with E-state index < -0.39 is 30.0 Å². The van der Waals surface area contributed by atoms with Crippen molar-refractivity contribution < 1.29 is 35.5 Å². The van der Waals surface area contributed by atoms with Crippen molar-refractivity contribution in [3.8, 4) is 0 Å². The van der Waals surface area contributed by atoms with Crippen LogP contribution >= 0.6 is 11.3 Å². The minimum Gasteiger partial charge on any atom is -0.346 e. The van der Waals surface area contributed by atoms with Gasteiger partial charge in [-0.3, -0.25) is 4.79 Å². The third kappa shape index (κ3) is 3.21. The summed E-state index contributed by atoms with van der Waals surface area (Å²) in [5.41, 5.74) is 0. The summed E-state index contributed by atoms with van der Waals surface area (Å²) in [7, 11) is 0. The Morgan fingerprint density at radius 1 is 1.26 bits per heavy atom. The Balaban J connectivity index is 2.02. The second kappa shape index (κ2) is 5.80. The lowest BCUT2D eigenvalue weighted by Crippen LogP contribution is -2.60. The van der Waals surface area contributed by atoms with Gasteiger partial charge in [0.05, 0.1) is 0 Å². The molecule has 0 bridgehead atoms. The van der Waals surface area contributed by atoms with Crippen molar-refractivity contribution in [1.82, 2.24) is 10.3 Å². The number of alkyl halides is 7. The maximum absolute atomic E-state index is 13.2. The van der Waals surface area contributed by atoms with Crippen LogP contribution in [0.2, 0.25) is 0 Å². The average Bonchev–Trinajstić information content (AvgIpc) is 3.06. The molecule has 1 fully saturated rings. The van der Waals surface area contributed by atoms with Crippen molar-refractivity contribution in [2.24, 2.45) is 0 Å². The first kappa shape index (κ1) is 17.8. The number of amides is 1. The Bertz CT molecular complexity index is 560. The summed E-state index contributed by atoms with van der Waals surface area (Å²) in [5, 5.41) is 3.74. The summed E-state index contributed by atoms with van der Waals surface area (Å²) in [5.74, 6) is -15.0. The highest BCUT2D eigenvalue weighted by molar-refractivity contribution is 7.13. The van der Waals surface area contributed by atoms with Gasteiger partial charge in [-0.05, 0) is 6.42 Å². The largest absolute Gasteiger partial charge is 0.460 e. The van der Waals surface area contributed by atoms with E-state index >= 15 is 0 Å². The van der Waals surface area contributed by atoms with E-state index in [1.165, 1.54) is 17.5 Å². The van der Waals surface area contributed by atoms with Crippen LogP contribution in [-0.2, 0) is 4.79 Å². The highest BCUT2D eigenvalue weighted by Gasteiger charge is 2.76. The molecule has 1 unspecified atom stereocenters. The van der Waals surface area contributed by atoms with E-state index in [4.69, 9.17) is 0 Å². The molecule has 0 saturated carbocycles. The molecule has 1 amide bonds. The van der Waals surface area contributed by atoms with E-state index in [-0.39, 0.29) is 13.0 Å². The molecule has 2 rings (SSSR count). The van der Waals surface area contributed by atoms with Gasteiger partial charge in [0.25, 0.3) is 5.91 Å². The molecule has 1 atom stereocenters. The standard InChI is InChI=1S/C11H10F7N3OS/c12-9(13,10(14,15)11(16,17)18)7(22)20-6-1-3-21(5-6)8-19-2-4-23-8/h2,4,6H,1,3,5H2,(H,20,22). The molecule has 1 aliphatic rings. The SMILES string of the molecule is O=C(NC1CCN(c2nccs2)C1)C(F)(F)C(F)(F)C(F)(F)F. The van der Waals surface area contributed by atoms with Gasteiger partial charge in [-0.1, -0.05) is 0 Å². The van der Waals surface area contributed by atoms with Gasteiger partial charge < -0.3 is 10.2 Å². The van der Waals surface area contributed by atoms with Gasteiger partial charge in [-0.15, -0.1) is 11.3 Å². The lowest BCUT2D eigenvalue weighted by Gasteiger charge is -2.28. The Morgan fingerprint density at radius 2 is 1.91 bits per heavy atom. The molecule has 23 heavy (non-hydrogen) atoms. The van der Waals surface area contributed by atoms with E-state index in [9.17, 15) is 35.5 Å². The summed E-state index contributed by atoms with van der Waals surface area (Å²) in [6, 6.07) is -0.971. The Hall–Kier alpha value is -1.59. The molecule has 0 spiro atoms. The molecule has 1 aromatic rings. The molecular weight excluding hydrogens is 355 g/mol. The number of anilines is 1. The molecule has 1 aliphatic heterocycles. The highest BCUT2D eigenvalue weighted by Crippen LogP contribution is 2.46. The van der Waals surface area contributed by atoms with Crippen LogP contribution in [0.15, 0.2) is 11.6 Å². The van der Waals surface area contributed by atoms with Crippen LogP contribution < -0.4 is 10.2 Å². The van der Waals surface area contributed by atoms with E-state index in [0.717, 1.165) is 0 Å². The smallest absolute Gasteiger partial charge is 0.346 e. The summed E-state index contributed by atoms with van der Waals surface area (Å²) in [6.07, 6.45) is -4.92. The third-order valence-corrected chi connectivity index (χ3v) is 4.08. The summed E-state index contributed by atoms with van der Waals surface area (Å²) in [6.45, 7) is 0.298. The van der Waals surface area contributed by atoms with Crippen molar-refractivity contribution in [1.29, 1.82) is 0 Å². The number of halogens is 7. The predicted molar refractivity (Wildman–Crippen MR) is 66.8 cm³/mol. The molecule has 0 aliphatic carbocycles. The van der Waals surface area contributed by atoms with Crippen molar-refractivity contribution in [3.05, 3.63) is 11.6 Å². The van der Waals surface area contributed by atoms with Gasteiger partial charge in [-0.25, -0.2) is 4.98 Å². The first-order valence-electron chi connectivity index (χ1n) is 6.24. The van der Waals surface area contributed by atoms with Crippen molar-refractivity contribution in [2.75, 3.05) is 18.0 Å². The predicted octanol–water partition coefficient (Wildman–Crippen LogP) is 2.67. The van der Waals surface area contributed by atoms with Crippen LogP contribution in [0.25, 0.3) is 0 Å². The number of rotatable bonds is 4. The van der Waals surface area contributed by atoms with E-state index in [0.29, 0.717) is 11.7 Å². The van der Waals surface area contributed by atoms with Crippen molar-refractivity contribution >= 4 is 22.4 Å². The molecule has 0 aromatic carbocycles. The quantitative estimate of drug-likeness (QED) is 0.835. The molecule has 1 aromatic heterocycles. The van der Waals surface area contributed by atoms with Crippen LogP contribution in [0.3, 0.4) is 0 Å². The fourth-order valence-corrected chi connectivity index (χ4v) is 2.70. The van der Waals surface area contributed by atoms with Gasteiger partial charge in [0.1, 0.15) is 0 Å². The second-order valence-electron chi connectivity index (χ2n) is 4.87. The lowest BCUT2D eigenvalue weighted by atomic mass is 10.1. The summed E-state index contributed by atoms with van der Waals surface area (Å²) < 4.78 is 88.1. The Morgan fingerprint density at radius 3 is 2.43 bits per heavy atom. The number of carbonyl (C=O) groups is 1. The molecule has 2 heterocycles. The van der Waals surface area contributed by atoms with E-state index in [1.54, 1.807) is 15.6 Å². The van der Waals surface area contributed by atoms with Gasteiger partial charge >= 0.3 is 18.0 Å². The summed E-state index contributed by atoms with van der Waals surface area (Å²) >= 11 is 1.24. The number of nitrogens with zero attached hydrogens (tertiary/aromatic N) is 2. The van der Waals surface area contributed by atoms with Gasteiger partial charge in [0.15, 0.2) is 5.13 Å². The van der Waals surface area contributed by atoms with E-state index in [2.05, 4.69) is 4.98 Å². The first-order chi connectivity index (χ1) is 10.5. The number of hydrogen-bond acceptors (Lipinski definition) is 4. The number of nitrogens with one attached hydrogen (secondary N) is 1. The molecule has 12 heteroatoms. The number of thiazole rings is 1. The van der Waals surface area contributed by atoms with E-state index in [1.807, 2.05) is 0 Å². The third-order valence-electron chi connectivity index (χ3n) is 3.25. The zero-order valence-corrected chi connectivity index (χ0v) is 12.0. The minimum absolute atomic E-state index is 0.00702. The first-order valence-corrected chi connectivity index (χ1v) is 7.12. The van der Waals surface area contributed by atoms with Crippen LogP contribution in [0.1, 0.15) is 6.42 Å². The van der Waals surface area contributed by atoms with Crippen LogP contribution in [-0.4, -0.2) is 48.0 Å². The molecule has 1 N–H and O–H groups in total. The maximum Gasteiger partial charge on any atom is 0.460 e. The number of aromatic nitrogens is 1. The maximum atomic E-state index is 13.2. The molecule has 4 nitrogen and oxygen atoms in total. The van der Waals surface area contributed by atoms with Gasteiger partial charge in [0.2, 0.25) is 0 Å². The summed E-state index contributed by atoms with van der Waals surface area (Å²) in [4.78, 5) is 16.8. The topological polar surface area (TPSA) is 45.2 Å². The Kier molecular flexibility index (Phi) is 4.48. The average molecular weight is 365 g/mol. The zero-order valence-electron chi connectivity index (χ0n) is 11.2. The fourth-order valence-electron chi connectivity index (χ4n) is 2.02. The molecule has 1 saturated heterocycles. The normalized spacial score (nSPS) is 20.0. The fraction of sp³-hybridized carbons (Fsp3) is 0.636. The zero-order chi connectivity index (χ0) is 17.5. The van der Waals surface area contributed by atoms with Gasteiger partial charge in [0, 0.05) is 30.7 Å². The number of carbonyl (C=O) groups excluding carboxylic acids is 1. The van der Waals surface area contributed by atoms with Crippen molar-refractivity contribution in [3.63, 3.8) is 0 Å². The molecule has 130 valence electrons. The molecule has 0 radical (unpaired) electrons. The van der Waals surface area contributed by atoms with Crippen LogP contribution in [0.5, 0.6) is 0 Å².